The Morgan fingerprint density at radius 2 is 1.96 bits per heavy atom. The highest BCUT2D eigenvalue weighted by Crippen LogP contribution is 2.33. The van der Waals surface area contributed by atoms with Crippen molar-refractivity contribution in [1.82, 2.24) is 9.55 Å². The number of benzene rings is 2. The van der Waals surface area contributed by atoms with Gasteiger partial charge in [-0.1, -0.05) is 42.1 Å². The number of para-hydroxylation sites is 3. The van der Waals surface area contributed by atoms with E-state index in [1.165, 1.54) is 17.3 Å². The monoisotopic (exact) mass is 351 g/mol. The van der Waals surface area contributed by atoms with Crippen LogP contribution in [0.2, 0.25) is 0 Å². The van der Waals surface area contributed by atoms with Gasteiger partial charge in [0.15, 0.2) is 5.16 Å². The third-order valence-electron chi connectivity index (χ3n) is 4.74. The molecule has 1 unspecified atom stereocenters. The highest BCUT2D eigenvalue weighted by molar-refractivity contribution is 7.99. The number of carbonyl (C=O) groups excluding carboxylic acids is 1. The molecule has 2 aromatic carbocycles. The number of thioether (sulfide) groups is 1. The van der Waals surface area contributed by atoms with Gasteiger partial charge in [-0.2, -0.15) is 0 Å². The number of anilines is 1. The number of hydrogen-bond acceptors (Lipinski definition) is 3. The van der Waals surface area contributed by atoms with Crippen molar-refractivity contribution < 1.29 is 4.79 Å². The predicted octanol–water partition coefficient (Wildman–Crippen LogP) is 4.13. The number of rotatable bonds is 4. The molecule has 0 aliphatic carbocycles. The largest absolute Gasteiger partial charge is 0.319 e. The lowest BCUT2D eigenvalue weighted by atomic mass is 10.1. The molecule has 1 aliphatic rings. The van der Waals surface area contributed by atoms with Crippen molar-refractivity contribution in [1.29, 1.82) is 0 Å². The molecule has 1 atom stereocenters. The van der Waals surface area contributed by atoms with Gasteiger partial charge in [-0.25, -0.2) is 4.98 Å². The van der Waals surface area contributed by atoms with Gasteiger partial charge in [-0.05, 0) is 44.0 Å². The number of fused-ring (bicyclic) bond motifs is 2. The van der Waals surface area contributed by atoms with Crippen LogP contribution in [0.15, 0.2) is 53.7 Å². The fourth-order valence-electron chi connectivity index (χ4n) is 3.61. The Labute approximate surface area is 151 Å². The summed E-state index contributed by atoms with van der Waals surface area (Å²) in [4.78, 5) is 19.5. The molecule has 2 heterocycles. The molecule has 1 aliphatic heterocycles. The van der Waals surface area contributed by atoms with Gasteiger partial charge in [0.05, 0.1) is 16.8 Å². The van der Waals surface area contributed by atoms with Crippen LogP contribution < -0.4 is 4.90 Å². The second kappa shape index (κ2) is 6.56. The maximum atomic E-state index is 12.9. The van der Waals surface area contributed by atoms with Crippen LogP contribution in [-0.2, 0) is 17.8 Å². The van der Waals surface area contributed by atoms with Gasteiger partial charge in [-0.3, -0.25) is 4.79 Å². The second-order valence-corrected chi connectivity index (χ2v) is 7.30. The van der Waals surface area contributed by atoms with Crippen molar-refractivity contribution in [2.45, 2.75) is 38.0 Å². The Morgan fingerprint density at radius 3 is 2.80 bits per heavy atom. The van der Waals surface area contributed by atoms with Gasteiger partial charge in [-0.15, -0.1) is 0 Å². The van der Waals surface area contributed by atoms with Crippen LogP contribution in [0.3, 0.4) is 0 Å². The number of imidazole rings is 1. The van der Waals surface area contributed by atoms with E-state index >= 15 is 0 Å². The molecule has 0 saturated heterocycles. The minimum absolute atomic E-state index is 0.150. The number of aromatic nitrogens is 2. The summed E-state index contributed by atoms with van der Waals surface area (Å²) in [6.07, 6.45) is 0.931. The molecule has 4 rings (SSSR count). The Morgan fingerprint density at radius 1 is 1.20 bits per heavy atom. The first-order valence-electron chi connectivity index (χ1n) is 8.67. The maximum absolute atomic E-state index is 12.9. The molecular formula is C20H21N3OS. The standard InChI is InChI=1S/C20H21N3OS/c1-3-22-18-11-7-5-9-16(18)21-20(22)25-13-19(24)23-14(2)12-15-8-4-6-10-17(15)23/h4-11,14H,3,12-13H2,1-2H3. The highest BCUT2D eigenvalue weighted by Gasteiger charge is 2.30. The number of aryl methyl sites for hydroxylation is 1. The van der Waals surface area contributed by atoms with Gasteiger partial charge in [0.25, 0.3) is 0 Å². The van der Waals surface area contributed by atoms with Gasteiger partial charge in [0, 0.05) is 18.3 Å². The Bertz CT molecular complexity index is 934. The van der Waals surface area contributed by atoms with E-state index in [1.54, 1.807) is 0 Å². The Kier molecular flexibility index (Phi) is 4.25. The van der Waals surface area contributed by atoms with Crippen molar-refractivity contribution in [2.24, 2.45) is 0 Å². The van der Waals surface area contributed by atoms with Crippen LogP contribution >= 0.6 is 11.8 Å². The first-order chi connectivity index (χ1) is 12.2. The van der Waals surface area contributed by atoms with Crippen LogP contribution in [0, 0.1) is 0 Å². The molecule has 0 N–H and O–H groups in total. The average molecular weight is 351 g/mol. The number of carbonyl (C=O) groups is 1. The van der Waals surface area contributed by atoms with E-state index in [0.717, 1.165) is 34.8 Å². The minimum atomic E-state index is 0.150. The Balaban J connectivity index is 1.55. The van der Waals surface area contributed by atoms with Crippen molar-refractivity contribution in [2.75, 3.05) is 10.7 Å². The van der Waals surface area contributed by atoms with Crippen LogP contribution in [-0.4, -0.2) is 27.3 Å². The van der Waals surface area contributed by atoms with Crippen molar-refractivity contribution in [3.63, 3.8) is 0 Å². The van der Waals surface area contributed by atoms with E-state index in [2.05, 4.69) is 30.5 Å². The molecule has 3 aromatic rings. The first kappa shape index (κ1) is 16.2. The zero-order valence-corrected chi connectivity index (χ0v) is 15.3. The SMILES string of the molecule is CCn1c(SCC(=O)N2c3ccccc3CC2C)nc2ccccc21. The molecule has 4 nitrogen and oxygen atoms in total. The van der Waals surface area contributed by atoms with Gasteiger partial charge in [0.2, 0.25) is 5.91 Å². The normalized spacial score (nSPS) is 16.4. The minimum Gasteiger partial charge on any atom is -0.319 e. The molecule has 0 spiro atoms. The number of nitrogens with zero attached hydrogens (tertiary/aromatic N) is 3. The van der Waals surface area contributed by atoms with Gasteiger partial charge >= 0.3 is 0 Å². The Hall–Kier alpha value is -2.27. The zero-order valence-electron chi connectivity index (χ0n) is 14.5. The second-order valence-electron chi connectivity index (χ2n) is 6.36. The van der Waals surface area contributed by atoms with Crippen molar-refractivity contribution in [3.8, 4) is 0 Å². The van der Waals surface area contributed by atoms with E-state index in [1.807, 2.05) is 41.3 Å². The summed E-state index contributed by atoms with van der Waals surface area (Å²) in [6.45, 7) is 5.07. The van der Waals surface area contributed by atoms with E-state index < -0.39 is 0 Å². The molecule has 0 bridgehead atoms. The van der Waals surface area contributed by atoms with Crippen molar-refractivity contribution in [3.05, 3.63) is 54.1 Å². The summed E-state index contributed by atoms with van der Waals surface area (Å²) in [7, 11) is 0. The third-order valence-corrected chi connectivity index (χ3v) is 5.70. The molecule has 1 amide bonds. The summed E-state index contributed by atoms with van der Waals surface area (Å²) in [5, 5.41) is 0.914. The molecule has 0 radical (unpaired) electrons. The lowest BCUT2D eigenvalue weighted by molar-refractivity contribution is -0.116. The molecular weight excluding hydrogens is 330 g/mol. The quantitative estimate of drug-likeness (QED) is 0.664. The highest BCUT2D eigenvalue weighted by atomic mass is 32.2. The molecule has 0 fully saturated rings. The summed E-state index contributed by atoms with van der Waals surface area (Å²) in [6, 6.07) is 16.5. The molecule has 1 aromatic heterocycles. The predicted molar refractivity (Wildman–Crippen MR) is 103 cm³/mol. The maximum Gasteiger partial charge on any atom is 0.237 e. The molecule has 25 heavy (non-hydrogen) atoms. The van der Waals surface area contributed by atoms with Crippen LogP contribution in [0.25, 0.3) is 11.0 Å². The molecule has 0 saturated carbocycles. The topological polar surface area (TPSA) is 38.1 Å². The van der Waals surface area contributed by atoms with E-state index in [4.69, 9.17) is 4.98 Å². The summed E-state index contributed by atoms with van der Waals surface area (Å²) in [5.41, 5.74) is 4.43. The van der Waals surface area contributed by atoms with Crippen LogP contribution in [0.4, 0.5) is 5.69 Å². The molecule has 5 heteroatoms. The van der Waals surface area contributed by atoms with Crippen LogP contribution in [0.5, 0.6) is 0 Å². The summed E-state index contributed by atoms with van der Waals surface area (Å²) < 4.78 is 2.18. The number of amides is 1. The smallest absolute Gasteiger partial charge is 0.237 e. The van der Waals surface area contributed by atoms with E-state index in [0.29, 0.717) is 5.75 Å². The van der Waals surface area contributed by atoms with Crippen molar-refractivity contribution >= 4 is 34.4 Å². The molecule has 128 valence electrons. The lowest BCUT2D eigenvalue weighted by Gasteiger charge is -2.22. The fourth-order valence-corrected chi connectivity index (χ4v) is 4.55. The average Bonchev–Trinajstić information content (AvgIpc) is 3.15. The summed E-state index contributed by atoms with van der Waals surface area (Å²) >= 11 is 1.53. The first-order valence-corrected chi connectivity index (χ1v) is 9.65. The van der Waals surface area contributed by atoms with Gasteiger partial charge < -0.3 is 9.47 Å². The third kappa shape index (κ3) is 2.82. The van der Waals surface area contributed by atoms with E-state index in [9.17, 15) is 4.79 Å². The van der Waals surface area contributed by atoms with Crippen LogP contribution in [0.1, 0.15) is 19.4 Å². The van der Waals surface area contributed by atoms with Gasteiger partial charge in [0.1, 0.15) is 0 Å². The fraction of sp³-hybridized carbons (Fsp3) is 0.300. The summed E-state index contributed by atoms with van der Waals surface area (Å²) in [5.74, 6) is 0.555. The number of hydrogen-bond donors (Lipinski definition) is 0. The lowest BCUT2D eigenvalue weighted by Crippen LogP contribution is -2.37. The van der Waals surface area contributed by atoms with E-state index in [-0.39, 0.29) is 11.9 Å². The zero-order chi connectivity index (χ0) is 17.4.